The maximum Gasteiger partial charge on any atom is 0.0266 e. The summed E-state index contributed by atoms with van der Waals surface area (Å²) in [5.41, 5.74) is 8.60. The van der Waals surface area contributed by atoms with Gasteiger partial charge < -0.3 is 5.73 Å². The zero-order valence-corrected chi connectivity index (χ0v) is 17.1. The lowest BCUT2D eigenvalue weighted by Crippen LogP contribution is -2.04. The van der Waals surface area contributed by atoms with Gasteiger partial charge in [-0.15, -0.1) is 0 Å². The van der Waals surface area contributed by atoms with E-state index in [1.807, 2.05) is 6.92 Å². The molecule has 0 aliphatic rings. The van der Waals surface area contributed by atoms with Gasteiger partial charge in [0.2, 0.25) is 0 Å². The van der Waals surface area contributed by atoms with Crippen molar-refractivity contribution in [1.29, 1.82) is 0 Å². The molecule has 0 radical (unpaired) electrons. The van der Waals surface area contributed by atoms with Crippen LogP contribution in [0.4, 0.5) is 0 Å². The third-order valence-corrected chi connectivity index (χ3v) is 5.32. The summed E-state index contributed by atoms with van der Waals surface area (Å²) in [6, 6.07) is 9.02. The van der Waals surface area contributed by atoms with Gasteiger partial charge in [-0.3, -0.25) is 0 Å². The van der Waals surface area contributed by atoms with E-state index in [1.165, 1.54) is 107 Å². The lowest BCUT2D eigenvalue weighted by atomic mass is 10.0. The third-order valence-electron chi connectivity index (χ3n) is 5.32. The highest BCUT2D eigenvalue weighted by Gasteiger charge is 1.99. The van der Waals surface area contributed by atoms with Crippen molar-refractivity contribution in [2.45, 2.75) is 116 Å². The fourth-order valence-electron chi connectivity index (χ4n) is 3.51. The maximum absolute atomic E-state index is 5.89. The molecule has 1 aromatic rings. The summed E-state index contributed by atoms with van der Waals surface area (Å²) in [6.07, 6.45) is 21.2. The van der Waals surface area contributed by atoms with E-state index < -0.39 is 0 Å². The minimum atomic E-state index is 0.148. The molecule has 1 nitrogen and oxygen atoms in total. The third kappa shape index (κ3) is 12.2. The van der Waals surface area contributed by atoms with Crippen molar-refractivity contribution in [2.24, 2.45) is 5.73 Å². The smallest absolute Gasteiger partial charge is 0.0266 e. The SMILES string of the molecule is CCCCCCCCCCCCCCCCc1ccc([C@H](C)N)cc1. The Kier molecular flexibility index (Phi) is 13.7. The molecule has 0 saturated carbocycles. The molecular weight excluding hydrogens is 302 g/mol. The molecule has 0 amide bonds. The van der Waals surface area contributed by atoms with Gasteiger partial charge in [-0.05, 0) is 30.9 Å². The zero-order chi connectivity index (χ0) is 18.2. The van der Waals surface area contributed by atoms with Crippen LogP contribution in [-0.2, 0) is 6.42 Å². The van der Waals surface area contributed by atoms with E-state index in [-0.39, 0.29) is 6.04 Å². The number of unbranched alkanes of at least 4 members (excludes halogenated alkanes) is 13. The molecular formula is C24H43N. The molecule has 0 fully saturated rings. The van der Waals surface area contributed by atoms with Crippen molar-refractivity contribution >= 4 is 0 Å². The first-order valence-electron chi connectivity index (χ1n) is 11.1. The summed E-state index contributed by atoms with van der Waals surface area (Å²) < 4.78 is 0. The fourth-order valence-corrected chi connectivity index (χ4v) is 3.51. The second-order valence-corrected chi connectivity index (χ2v) is 7.88. The summed E-state index contributed by atoms with van der Waals surface area (Å²) in [4.78, 5) is 0. The summed E-state index contributed by atoms with van der Waals surface area (Å²) in [5.74, 6) is 0. The molecule has 0 unspecified atom stereocenters. The molecule has 2 N–H and O–H groups in total. The van der Waals surface area contributed by atoms with Crippen LogP contribution in [0.5, 0.6) is 0 Å². The van der Waals surface area contributed by atoms with Crippen LogP contribution in [0.2, 0.25) is 0 Å². The standard InChI is InChI=1S/C24H43N/c1-3-4-5-6-7-8-9-10-11-12-13-14-15-16-17-23-18-20-24(21-19-23)22(2)25/h18-22H,3-17,25H2,1-2H3/t22-/m0/s1. The minimum Gasteiger partial charge on any atom is -0.324 e. The first-order valence-corrected chi connectivity index (χ1v) is 11.1. The van der Waals surface area contributed by atoms with Crippen LogP contribution < -0.4 is 5.73 Å². The number of nitrogens with two attached hydrogens (primary N) is 1. The van der Waals surface area contributed by atoms with Gasteiger partial charge in [0.05, 0.1) is 0 Å². The largest absolute Gasteiger partial charge is 0.324 e. The average molecular weight is 346 g/mol. The Morgan fingerprint density at radius 2 is 1.04 bits per heavy atom. The van der Waals surface area contributed by atoms with Gasteiger partial charge in [0, 0.05) is 6.04 Å². The maximum atomic E-state index is 5.89. The Labute approximate surface area is 157 Å². The fraction of sp³-hybridized carbons (Fsp3) is 0.750. The van der Waals surface area contributed by atoms with E-state index >= 15 is 0 Å². The van der Waals surface area contributed by atoms with Crippen molar-refractivity contribution in [3.63, 3.8) is 0 Å². The Morgan fingerprint density at radius 1 is 0.640 bits per heavy atom. The molecule has 144 valence electrons. The van der Waals surface area contributed by atoms with Gasteiger partial charge in [-0.2, -0.15) is 0 Å². The Balaban J connectivity index is 1.84. The highest BCUT2D eigenvalue weighted by molar-refractivity contribution is 5.24. The lowest BCUT2D eigenvalue weighted by Gasteiger charge is -2.07. The van der Waals surface area contributed by atoms with E-state index in [2.05, 4.69) is 31.2 Å². The van der Waals surface area contributed by atoms with Crippen LogP contribution >= 0.6 is 0 Å². The molecule has 1 rings (SSSR count). The molecule has 1 aromatic carbocycles. The number of aryl methyl sites for hydroxylation is 1. The molecule has 1 heteroatoms. The predicted octanol–water partition coefficient (Wildman–Crippen LogP) is 7.73. The monoisotopic (exact) mass is 345 g/mol. The normalized spacial score (nSPS) is 12.4. The molecule has 1 atom stereocenters. The Bertz CT molecular complexity index is 393. The second-order valence-electron chi connectivity index (χ2n) is 7.88. The zero-order valence-electron chi connectivity index (χ0n) is 17.1. The van der Waals surface area contributed by atoms with E-state index in [0.717, 1.165) is 0 Å². The van der Waals surface area contributed by atoms with Gasteiger partial charge in [0.1, 0.15) is 0 Å². The molecule has 0 bridgehead atoms. The van der Waals surface area contributed by atoms with Gasteiger partial charge in [0.15, 0.2) is 0 Å². The molecule has 0 saturated heterocycles. The van der Waals surface area contributed by atoms with E-state index in [0.29, 0.717) is 0 Å². The van der Waals surface area contributed by atoms with Crippen molar-refractivity contribution in [2.75, 3.05) is 0 Å². The number of hydrogen-bond acceptors (Lipinski definition) is 1. The van der Waals surface area contributed by atoms with Gasteiger partial charge in [-0.1, -0.05) is 115 Å². The van der Waals surface area contributed by atoms with Crippen molar-refractivity contribution in [1.82, 2.24) is 0 Å². The lowest BCUT2D eigenvalue weighted by molar-refractivity contribution is 0.535. The van der Waals surface area contributed by atoms with E-state index in [9.17, 15) is 0 Å². The van der Waals surface area contributed by atoms with Gasteiger partial charge in [-0.25, -0.2) is 0 Å². The molecule has 0 aromatic heterocycles. The topological polar surface area (TPSA) is 26.0 Å². The van der Waals surface area contributed by atoms with Crippen LogP contribution in [0.1, 0.15) is 121 Å². The molecule has 0 aliphatic carbocycles. The highest BCUT2D eigenvalue weighted by atomic mass is 14.6. The van der Waals surface area contributed by atoms with E-state index in [4.69, 9.17) is 5.73 Å². The number of hydrogen-bond donors (Lipinski definition) is 1. The van der Waals surface area contributed by atoms with Crippen LogP contribution in [0.3, 0.4) is 0 Å². The molecule has 0 heterocycles. The second kappa shape index (κ2) is 15.4. The summed E-state index contributed by atoms with van der Waals surface area (Å²) >= 11 is 0. The predicted molar refractivity (Wildman–Crippen MR) is 113 cm³/mol. The van der Waals surface area contributed by atoms with Crippen LogP contribution in [0, 0.1) is 0 Å². The van der Waals surface area contributed by atoms with Crippen LogP contribution in [0.15, 0.2) is 24.3 Å². The molecule has 0 spiro atoms. The Morgan fingerprint density at radius 3 is 1.44 bits per heavy atom. The summed E-state index contributed by atoms with van der Waals surface area (Å²) in [5, 5.41) is 0. The number of benzene rings is 1. The van der Waals surface area contributed by atoms with Gasteiger partial charge in [0.25, 0.3) is 0 Å². The van der Waals surface area contributed by atoms with Crippen molar-refractivity contribution < 1.29 is 0 Å². The van der Waals surface area contributed by atoms with Crippen LogP contribution in [0.25, 0.3) is 0 Å². The summed E-state index contributed by atoms with van der Waals surface area (Å²) in [6.45, 7) is 4.34. The first-order chi connectivity index (χ1) is 12.2. The molecule has 0 aliphatic heterocycles. The van der Waals surface area contributed by atoms with Crippen LogP contribution in [-0.4, -0.2) is 0 Å². The van der Waals surface area contributed by atoms with E-state index in [1.54, 1.807) is 0 Å². The number of rotatable bonds is 16. The van der Waals surface area contributed by atoms with Crippen molar-refractivity contribution in [3.05, 3.63) is 35.4 Å². The first kappa shape index (κ1) is 22.2. The summed E-state index contributed by atoms with van der Waals surface area (Å²) in [7, 11) is 0. The molecule has 25 heavy (non-hydrogen) atoms. The average Bonchev–Trinajstić information content (AvgIpc) is 2.62. The Hall–Kier alpha value is -0.820. The highest BCUT2D eigenvalue weighted by Crippen LogP contribution is 2.15. The van der Waals surface area contributed by atoms with Gasteiger partial charge >= 0.3 is 0 Å². The van der Waals surface area contributed by atoms with Crippen molar-refractivity contribution in [3.8, 4) is 0 Å². The minimum absolute atomic E-state index is 0.148. The quantitative estimate of drug-likeness (QED) is 0.305.